The van der Waals surface area contributed by atoms with Gasteiger partial charge in [0.15, 0.2) is 5.96 Å². The Hall–Kier alpha value is -2.36. The molecule has 7 nitrogen and oxygen atoms in total. The van der Waals surface area contributed by atoms with Gasteiger partial charge < -0.3 is 30.1 Å². The van der Waals surface area contributed by atoms with Crippen molar-refractivity contribution in [2.45, 2.75) is 38.6 Å². The number of aromatic hydroxyl groups is 1. The molecule has 3 rings (SSSR count). The summed E-state index contributed by atoms with van der Waals surface area (Å²) in [6.07, 6.45) is 4.00. The van der Waals surface area contributed by atoms with Crippen LogP contribution in [0.2, 0.25) is 0 Å². The highest BCUT2D eigenvalue weighted by atomic mass is 127. The lowest BCUT2D eigenvalue weighted by Gasteiger charge is -2.34. The van der Waals surface area contributed by atoms with E-state index >= 15 is 0 Å². The van der Waals surface area contributed by atoms with E-state index in [2.05, 4.69) is 34.6 Å². The number of hydrogen-bond donors (Lipinski definition) is 3. The van der Waals surface area contributed by atoms with Crippen molar-refractivity contribution in [2.75, 3.05) is 45.3 Å². The highest BCUT2D eigenvalue weighted by Crippen LogP contribution is 2.30. The first-order valence-electron chi connectivity index (χ1n) is 11.4. The maximum Gasteiger partial charge on any atom is 0.191 e. The van der Waals surface area contributed by atoms with Crippen molar-refractivity contribution < 1.29 is 14.6 Å². The Kier molecular flexibility index (Phi) is 11.4. The van der Waals surface area contributed by atoms with Crippen LogP contribution < -0.4 is 25.0 Å². The van der Waals surface area contributed by atoms with E-state index in [-0.39, 0.29) is 24.0 Å². The highest BCUT2D eigenvalue weighted by Gasteiger charge is 2.21. The van der Waals surface area contributed by atoms with Crippen molar-refractivity contribution in [1.29, 1.82) is 0 Å². The summed E-state index contributed by atoms with van der Waals surface area (Å²) >= 11 is 0. The number of ether oxygens (including phenoxy) is 2. The Bertz CT molecular complexity index is 846. The number of anilines is 1. The number of aryl methyl sites for hydroxylation is 1. The first-order chi connectivity index (χ1) is 15.6. The molecule has 3 N–H and O–H groups in total. The van der Waals surface area contributed by atoms with E-state index in [1.807, 2.05) is 18.2 Å². The molecule has 8 heteroatoms. The zero-order valence-corrected chi connectivity index (χ0v) is 22.2. The number of methoxy groups -OCH3 is 2. The predicted molar refractivity (Wildman–Crippen MR) is 146 cm³/mol. The van der Waals surface area contributed by atoms with Crippen molar-refractivity contribution in [3.63, 3.8) is 0 Å². The molecule has 0 spiro atoms. The molecule has 1 fully saturated rings. The van der Waals surface area contributed by atoms with Crippen LogP contribution in [0.5, 0.6) is 17.2 Å². The molecule has 0 amide bonds. The molecular formula is C25H37IN4O3. The first kappa shape index (κ1) is 26.9. The summed E-state index contributed by atoms with van der Waals surface area (Å²) in [5.41, 5.74) is 2.35. The van der Waals surface area contributed by atoms with Crippen LogP contribution >= 0.6 is 24.0 Å². The zero-order valence-electron chi connectivity index (χ0n) is 19.8. The minimum atomic E-state index is 0. The number of halogens is 1. The molecule has 0 atom stereocenters. The summed E-state index contributed by atoms with van der Waals surface area (Å²) in [5.74, 6) is 2.82. The summed E-state index contributed by atoms with van der Waals surface area (Å²) in [6, 6.07) is 13.8. The Balaban J connectivity index is 0.00000385. The topological polar surface area (TPSA) is 78.4 Å². The monoisotopic (exact) mass is 568 g/mol. The third-order valence-electron chi connectivity index (χ3n) is 5.71. The lowest BCUT2D eigenvalue weighted by Crippen LogP contribution is -2.48. The molecule has 0 radical (unpaired) electrons. The van der Waals surface area contributed by atoms with Crippen LogP contribution in [0.4, 0.5) is 5.69 Å². The smallest absolute Gasteiger partial charge is 0.191 e. The Morgan fingerprint density at radius 2 is 1.70 bits per heavy atom. The fourth-order valence-corrected chi connectivity index (χ4v) is 3.91. The van der Waals surface area contributed by atoms with Crippen LogP contribution in [-0.2, 0) is 6.42 Å². The van der Waals surface area contributed by atoms with Gasteiger partial charge in [-0.15, -0.1) is 24.0 Å². The van der Waals surface area contributed by atoms with Gasteiger partial charge in [-0.05, 0) is 50.3 Å². The Morgan fingerprint density at radius 1 is 1.06 bits per heavy atom. The molecule has 1 saturated heterocycles. The van der Waals surface area contributed by atoms with E-state index in [1.54, 1.807) is 26.4 Å². The predicted octanol–water partition coefficient (Wildman–Crippen LogP) is 4.18. The summed E-state index contributed by atoms with van der Waals surface area (Å²) in [6.45, 7) is 5.62. The minimum Gasteiger partial charge on any atom is -0.508 e. The number of aliphatic imine (C=N–C) groups is 1. The van der Waals surface area contributed by atoms with Gasteiger partial charge in [-0.3, -0.25) is 4.99 Å². The standard InChI is InChI=1S/C25H36N4O3.HI/c1-4-26-25(27-13-5-6-19-7-9-22(30)10-8-19)28-20-11-14-29(15-12-20)21-16-23(31-2)18-24(17-21)32-3;/h7-10,16-18,20,30H,4-6,11-15H2,1-3H3,(H2,26,27,28);1H. The molecule has 2 aromatic rings. The molecule has 0 aliphatic carbocycles. The lowest BCUT2D eigenvalue weighted by molar-refractivity contribution is 0.393. The van der Waals surface area contributed by atoms with E-state index in [0.717, 1.165) is 75.0 Å². The molecule has 0 bridgehead atoms. The number of phenolic OH excluding ortho intramolecular Hbond substituents is 1. The van der Waals surface area contributed by atoms with E-state index in [9.17, 15) is 5.11 Å². The van der Waals surface area contributed by atoms with Crippen LogP contribution in [-0.4, -0.2) is 57.5 Å². The highest BCUT2D eigenvalue weighted by molar-refractivity contribution is 14.0. The lowest BCUT2D eigenvalue weighted by atomic mass is 10.0. The average Bonchev–Trinajstić information content (AvgIpc) is 2.83. The van der Waals surface area contributed by atoms with Gasteiger partial charge in [0.25, 0.3) is 0 Å². The number of rotatable bonds is 9. The number of benzene rings is 2. The molecule has 0 saturated carbocycles. The fourth-order valence-electron chi connectivity index (χ4n) is 3.91. The van der Waals surface area contributed by atoms with Gasteiger partial charge in [0.2, 0.25) is 0 Å². The van der Waals surface area contributed by atoms with Crippen LogP contribution in [0.25, 0.3) is 0 Å². The van der Waals surface area contributed by atoms with Crippen molar-refractivity contribution in [3.05, 3.63) is 48.0 Å². The van der Waals surface area contributed by atoms with Gasteiger partial charge in [-0.2, -0.15) is 0 Å². The molecule has 0 unspecified atom stereocenters. The van der Waals surface area contributed by atoms with Crippen LogP contribution in [0.3, 0.4) is 0 Å². The average molecular weight is 569 g/mol. The fraction of sp³-hybridized carbons (Fsp3) is 0.480. The van der Waals surface area contributed by atoms with Crippen LogP contribution in [0.1, 0.15) is 31.7 Å². The van der Waals surface area contributed by atoms with Gasteiger partial charge in [0.05, 0.1) is 14.2 Å². The number of piperidine rings is 1. The maximum atomic E-state index is 9.39. The summed E-state index contributed by atoms with van der Waals surface area (Å²) in [4.78, 5) is 7.14. The normalized spacial score (nSPS) is 14.4. The summed E-state index contributed by atoms with van der Waals surface area (Å²) < 4.78 is 10.8. The first-order valence-corrected chi connectivity index (χ1v) is 11.4. The second-order valence-electron chi connectivity index (χ2n) is 8.01. The zero-order chi connectivity index (χ0) is 22.8. The van der Waals surface area contributed by atoms with Gasteiger partial charge in [0, 0.05) is 56.1 Å². The third-order valence-corrected chi connectivity index (χ3v) is 5.71. The molecule has 182 valence electrons. The van der Waals surface area contributed by atoms with Gasteiger partial charge in [-0.25, -0.2) is 0 Å². The summed E-state index contributed by atoms with van der Waals surface area (Å²) in [7, 11) is 3.36. The van der Waals surface area contributed by atoms with Crippen molar-refractivity contribution in [1.82, 2.24) is 10.6 Å². The van der Waals surface area contributed by atoms with E-state index in [0.29, 0.717) is 11.8 Å². The number of hydrogen-bond acceptors (Lipinski definition) is 5. The van der Waals surface area contributed by atoms with Gasteiger partial charge in [0.1, 0.15) is 17.2 Å². The van der Waals surface area contributed by atoms with Crippen molar-refractivity contribution >= 4 is 35.6 Å². The van der Waals surface area contributed by atoms with Crippen molar-refractivity contribution in [2.24, 2.45) is 4.99 Å². The van der Waals surface area contributed by atoms with Crippen LogP contribution in [0.15, 0.2) is 47.5 Å². The molecule has 1 aliphatic rings. The maximum absolute atomic E-state index is 9.39. The minimum absolute atomic E-state index is 0. The molecule has 2 aromatic carbocycles. The third kappa shape index (κ3) is 8.49. The second-order valence-corrected chi connectivity index (χ2v) is 8.01. The molecule has 1 heterocycles. The Morgan fingerprint density at radius 3 is 2.27 bits per heavy atom. The number of nitrogens with one attached hydrogen (secondary N) is 2. The van der Waals surface area contributed by atoms with E-state index < -0.39 is 0 Å². The number of nitrogens with zero attached hydrogens (tertiary/aromatic N) is 2. The van der Waals surface area contributed by atoms with Gasteiger partial charge in [-0.1, -0.05) is 12.1 Å². The molecule has 33 heavy (non-hydrogen) atoms. The molecular weight excluding hydrogens is 531 g/mol. The second kappa shape index (κ2) is 14.0. The Labute approximate surface area is 214 Å². The quantitative estimate of drug-likeness (QED) is 0.182. The molecule has 1 aliphatic heterocycles. The van der Waals surface area contributed by atoms with Crippen LogP contribution in [0, 0.1) is 0 Å². The van der Waals surface area contributed by atoms with Gasteiger partial charge >= 0.3 is 0 Å². The van der Waals surface area contributed by atoms with Crippen molar-refractivity contribution in [3.8, 4) is 17.2 Å². The number of phenols is 1. The van der Waals surface area contributed by atoms with E-state index in [1.165, 1.54) is 5.56 Å². The van der Waals surface area contributed by atoms with E-state index in [4.69, 9.17) is 14.5 Å². The largest absolute Gasteiger partial charge is 0.508 e. The SMILES string of the molecule is CCNC(=NCCCc1ccc(O)cc1)NC1CCN(c2cc(OC)cc(OC)c2)CC1.I. The summed E-state index contributed by atoms with van der Waals surface area (Å²) in [5, 5.41) is 16.4. The molecule has 0 aromatic heterocycles. The number of guanidine groups is 1.